The van der Waals surface area contributed by atoms with Crippen molar-refractivity contribution in [3.05, 3.63) is 0 Å². The van der Waals surface area contributed by atoms with Gasteiger partial charge < -0.3 is 10.6 Å². The van der Waals surface area contributed by atoms with Crippen LogP contribution >= 0.6 is 0 Å². The molecule has 4 aliphatic carbocycles. The fraction of sp³-hybridized carbons (Fsp3) is 0.933. The Morgan fingerprint density at radius 3 is 2.11 bits per heavy atom. The van der Waals surface area contributed by atoms with Gasteiger partial charge in [-0.05, 0) is 68.6 Å². The fourth-order valence-electron chi connectivity index (χ4n) is 5.09. The first-order valence-electron chi connectivity index (χ1n) is 7.55. The van der Waals surface area contributed by atoms with Crippen LogP contribution in [0.1, 0.15) is 39.0 Å². The molecule has 1 unspecified atom stereocenters. The Labute approximate surface area is 110 Å². The third kappa shape index (κ3) is 2.07. The van der Waals surface area contributed by atoms with Gasteiger partial charge in [0.25, 0.3) is 0 Å². The molecule has 102 valence electrons. The number of rotatable bonds is 3. The van der Waals surface area contributed by atoms with E-state index in [2.05, 4.69) is 0 Å². The minimum atomic E-state index is -0.355. The van der Waals surface area contributed by atoms with Gasteiger partial charge in [0.05, 0.1) is 6.04 Å². The summed E-state index contributed by atoms with van der Waals surface area (Å²) < 4.78 is 0. The van der Waals surface area contributed by atoms with E-state index >= 15 is 0 Å². The Bertz CT molecular complexity index is 311. The Hall–Kier alpha value is -0.570. The van der Waals surface area contributed by atoms with Crippen LogP contribution in [-0.2, 0) is 4.79 Å². The van der Waals surface area contributed by atoms with E-state index in [0.717, 1.165) is 36.1 Å². The highest BCUT2D eigenvalue weighted by Gasteiger charge is 2.48. The molecule has 2 N–H and O–H groups in total. The van der Waals surface area contributed by atoms with Crippen molar-refractivity contribution in [3.8, 4) is 0 Å². The summed E-state index contributed by atoms with van der Waals surface area (Å²) in [5.41, 5.74) is 5.70. The molecule has 4 fully saturated rings. The average Bonchev–Trinajstić information content (AvgIpc) is 2.31. The lowest BCUT2D eigenvalue weighted by Gasteiger charge is -2.55. The molecule has 4 aliphatic rings. The summed E-state index contributed by atoms with van der Waals surface area (Å²) in [6.07, 6.45) is 7.21. The molecule has 4 saturated carbocycles. The molecular formula is C15H26N2O. The van der Waals surface area contributed by atoms with E-state index in [1.807, 2.05) is 11.9 Å². The Morgan fingerprint density at radius 1 is 1.17 bits per heavy atom. The van der Waals surface area contributed by atoms with E-state index in [4.69, 9.17) is 5.73 Å². The van der Waals surface area contributed by atoms with Gasteiger partial charge >= 0.3 is 0 Å². The van der Waals surface area contributed by atoms with E-state index in [0.29, 0.717) is 0 Å². The smallest absolute Gasteiger partial charge is 0.238 e. The maximum atomic E-state index is 11.9. The maximum absolute atomic E-state index is 11.9. The van der Waals surface area contributed by atoms with E-state index in [-0.39, 0.29) is 11.9 Å². The fourth-order valence-corrected chi connectivity index (χ4v) is 5.09. The first-order chi connectivity index (χ1) is 8.54. The average molecular weight is 250 g/mol. The highest BCUT2D eigenvalue weighted by molar-refractivity contribution is 5.80. The van der Waals surface area contributed by atoms with Crippen LogP contribution in [0.4, 0.5) is 0 Å². The van der Waals surface area contributed by atoms with Crippen molar-refractivity contribution in [3.63, 3.8) is 0 Å². The molecule has 3 heteroatoms. The van der Waals surface area contributed by atoms with E-state index in [9.17, 15) is 4.79 Å². The van der Waals surface area contributed by atoms with E-state index < -0.39 is 0 Å². The zero-order valence-corrected chi connectivity index (χ0v) is 11.6. The normalized spacial score (nSPS) is 42.9. The topological polar surface area (TPSA) is 46.3 Å². The molecule has 3 nitrogen and oxygen atoms in total. The Balaban J connectivity index is 1.65. The minimum Gasteiger partial charge on any atom is -0.344 e. The Kier molecular flexibility index (Phi) is 3.13. The van der Waals surface area contributed by atoms with Gasteiger partial charge in [-0.15, -0.1) is 0 Å². The first-order valence-corrected chi connectivity index (χ1v) is 7.55. The summed E-state index contributed by atoms with van der Waals surface area (Å²) >= 11 is 0. The molecule has 0 spiro atoms. The molecule has 0 heterocycles. The second-order valence-corrected chi connectivity index (χ2v) is 7.10. The van der Waals surface area contributed by atoms with Crippen molar-refractivity contribution in [1.29, 1.82) is 0 Å². The van der Waals surface area contributed by atoms with Crippen LogP contribution in [0.25, 0.3) is 0 Å². The summed E-state index contributed by atoms with van der Waals surface area (Å²) in [6, 6.07) is -0.355. The second-order valence-electron chi connectivity index (χ2n) is 7.10. The molecule has 0 radical (unpaired) electrons. The van der Waals surface area contributed by atoms with Gasteiger partial charge in [0.1, 0.15) is 0 Å². The molecular weight excluding hydrogens is 224 g/mol. The van der Waals surface area contributed by atoms with Crippen molar-refractivity contribution in [2.75, 3.05) is 13.6 Å². The van der Waals surface area contributed by atoms with Crippen LogP contribution in [0, 0.1) is 29.6 Å². The van der Waals surface area contributed by atoms with Gasteiger partial charge in [0, 0.05) is 13.6 Å². The number of amides is 1. The predicted molar refractivity (Wildman–Crippen MR) is 71.8 cm³/mol. The first kappa shape index (κ1) is 12.5. The van der Waals surface area contributed by atoms with Gasteiger partial charge in [-0.3, -0.25) is 4.79 Å². The lowest BCUT2D eigenvalue weighted by atomic mass is 9.52. The third-order valence-electron chi connectivity index (χ3n) is 5.67. The summed E-state index contributed by atoms with van der Waals surface area (Å²) in [7, 11) is 1.93. The highest BCUT2D eigenvalue weighted by Crippen LogP contribution is 2.56. The minimum absolute atomic E-state index is 0.101. The van der Waals surface area contributed by atoms with Crippen LogP contribution in [0.3, 0.4) is 0 Å². The van der Waals surface area contributed by atoms with Gasteiger partial charge in [-0.1, -0.05) is 0 Å². The molecule has 0 aliphatic heterocycles. The quantitative estimate of drug-likeness (QED) is 0.831. The van der Waals surface area contributed by atoms with Gasteiger partial charge in [-0.2, -0.15) is 0 Å². The summed E-state index contributed by atoms with van der Waals surface area (Å²) in [4.78, 5) is 13.8. The number of nitrogens with zero attached hydrogens (tertiary/aromatic N) is 1. The number of hydrogen-bond acceptors (Lipinski definition) is 2. The van der Waals surface area contributed by atoms with Crippen molar-refractivity contribution < 1.29 is 4.79 Å². The van der Waals surface area contributed by atoms with Gasteiger partial charge in [0.2, 0.25) is 5.91 Å². The largest absolute Gasteiger partial charge is 0.344 e. The standard InChI is InChI=1S/C15H26N2O/c1-9(16)15(18)17(2)8-14-12-4-10-3-11(6-12)7-13(14)5-10/h9-14H,3-8,16H2,1-2H3. The molecule has 1 atom stereocenters. The number of nitrogens with two attached hydrogens (primary N) is 1. The van der Waals surface area contributed by atoms with Gasteiger partial charge in [-0.25, -0.2) is 0 Å². The number of carbonyl (C=O) groups excluding carboxylic acids is 1. The molecule has 0 aromatic heterocycles. The Morgan fingerprint density at radius 2 is 1.67 bits per heavy atom. The lowest BCUT2D eigenvalue weighted by Crippen LogP contribution is -2.51. The molecule has 0 saturated heterocycles. The monoisotopic (exact) mass is 250 g/mol. The zero-order chi connectivity index (χ0) is 12.9. The van der Waals surface area contributed by atoms with Gasteiger partial charge in [0.15, 0.2) is 0 Å². The SMILES string of the molecule is CC(N)C(=O)N(C)CC1C2CC3CC(C2)CC1C3. The molecule has 1 amide bonds. The molecule has 0 aromatic rings. The molecule has 0 aromatic carbocycles. The van der Waals surface area contributed by atoms with Crippen molar-refractivity contribution in [2.45, 2.75) is 45.1 Å². The highest BCUT2D eigenvalue weighted by atomic mass is 16.2. The van der Waals surface area contributed by atoms with Crippen LogP contribution in [-0.4, -0.2) is 30.4 Å². The molecule has 18 heavy (non-hydrogen) atoms. The predicted octanol–water partition coefficient (Wildman–Crippen LogP) is 1.86. The number of hydrogen-bond donors (Lipinski definition) is 1. The summed E-state index contributed by atoms with van der Waals surface area (Å²) in [5.74, 6) is 4.67. The molecule has 4 bridgehead atoms. The molecule has 4 rings (SSSR count). The number of likely N-dealkylation sites (N-methyl/N-ethyl adjacent to an activating group) is 1. The van der Waals surface area contributed by atoms with Crippen molar-refractivity contribution >= 4 is 5.91 Å². The zero-order valence-electron chi connectivity index (χ0n) is 11.6. The van der Waals surface area contributed by atoms with Crippen LogP contribution in [0.15, 0.2) is 0 Å². The maximum Gasteiger partial charge on any atom is 0.238 e. The summed E-state index contributed by atoms with van der Waals surface area (Å²) in [5, 5.41) is 0. The van der Waals surface area contributed by atoms with E-state index in [1.165, 1.54) is 32.1 Å². The summed E-state index contributed by atoms with van der Waals surface area (Å²) in [6.45, 7) is 2.73. The van der Waals surface area contributed by atoms with E-state index in [1.54, 1.807) is 6.92 Å². The number of carbonyl (C=O) groups is 1. The second kappa shape index (κ2) is 4.52. The van der Waals surface area contributed by atoms with Crippen LogP contribution in [0.2, 0.25) is 0 Å². The van der Waals surface area contributed by atoms with Crippen molar-refractivity contribution in [1.82, 2.24) is 4.90 Å². The van der Waals surface area contributed by atoms with Crippen molar-refractivity contribution in [2.24, 2.45) is 35.3 Å². The third-order valence-corrected chi connectivity index (χ3v) is 5.67. The van der Waals surface area contributed by atoms with Crippen LogP contribution in [0.5, 0.6) is 0 Å². The van der Waals surface area contributed by atoms with Crippen LogP contribution < -0.4 is 5.73 Å². The lowest BCUT2D eigenvalue weighted by molar-refractivity contribution is -0.133.